The van der Waals surface area contributed by atoms with Crippen LogP contribution in [-0.2, 0) is 22.7 Å². The summed E-state index contributed by atoms with van der Waals surface area (Å²) in [6, 6.07) is 10.5. The Morgan fingerprint density at radius 3 is 2.63 bits per heavy atom. The van der Waals surface area contributed by atoms with Gasteiger partial charge in [0.15, 0.2) is 0 Å². The summed E-state index contributed by atoms with van der Waals surface area (Å²) in [4.78, 5) is 58.7. The summed E-state index contributed by atoms with van der Waals surface area (Å²) < 4.78 is 0. The molecule has 1 aromatic carbocycles. The molecule has 0 bridgehead atoms. The Morgan fingerprint density at radius 2 is 1.83 bits per heavy atom. The number of rotatable bonds is 6. The van der Waals surface area contributed by atoms with Crippen LogP contribution in [-0.4, -0.2) is 63.6 Å². The second-order valence-electron chi connectivity index (χ2n) is 9.35. The molecule has 0 aliphatic carbocycles. The van der Waals surface area contributed by atoms with E-state index in [-0.39, 0.29) is 18.7 Å². The fraction of sp³-hybridized carbons (Fsp3) is 0.423. The van der Waals surface area contributed by atoms with Crippen LogP contribution < -0.4 is 10.6 Å². The van der Waals surface area contributed by atoms with E-state index < -0.39 is 23.8 Å². The van der Waals surface area contributed by atoms with Gasteiger partial charge in [0.05, 0.1) is 16.8 Å². The zero-order valence-corrected chi connectivity index (χ0v) is 19.5. The molecule has 4 amide bonds. The molecule has 3 aliphatic heterocycles. The van der Waals surface area contributed by atoms with Gasteiger partial charge in [0, 0.05) is 31.7 Å². The number of imide groups is 2. The fourth-order valence-corrected chi connectivity index (χ4v) is 5.32. The maximum absolute atomic E-state index is 13.5. The monoisotopic (exact) mass is 475 g/mol. The molecule has 2 saturated heterocycles. The van der Waals surface area contributed by atoms with Crippen LogP contribution in [0.4, 0.5) is 0 Å². The summed E-state index contributed by atoms with van der Waals surface area (Å²) in [7, 11) is 0. The molecule has 3 aliphatic rings. The topological polar surface area (TPSA) is 112 Å². The van der Waals surface area contributed by atoms with Gasteiger partial charge >= 0.3 is 0 Å². The molecule has 2 aromatic rings. The number of piperidine rings is 1. The van der Waals surface area contributed by atoms with Crippen molar-refractivity contribution in [1.82, 2.24) is 25.4 Å². The first-order chi connectivity index (χ1) is 17.0. The van der Waals surface area contributed by atoms with Crippen molar-refractivity contribution < 1.29 is 19.2 Å². The summed E-state index contributed by atoms with van der Waals surface area (Å²) in [5.41, 5.74) is 2.39. The Hall–Kier alpha value is -3.43. The molecule has 0 radical (unpaired) electrons. The van der Waals surface area contributed by atoms with Crippen LogP contribution in [0.3, 0.4) is 0 Å². The minimum absolute atomic E-state index is 0.101. The quantitative estimate of drug-likeness (QED) is 0.611. The van der Waals surface area contributed by atoms with E-state index in [2.05, 4.69) is 20.5 Å². The summed E-state index contributed by atoms with van der Waals surface area (Å²) >= 11 is 0. The maximum atomic E-state index is 13.5. The largest absolute Gasteiger partial charge is 0.317 e. The normalized spacial score (nSPS) is 22.8. The van der Waals surface area contributed by atoms with E-state index in [1.165, 1.54) is 0 Å². The summed E-state index contributed by atoms with van der Waals surface area (Å²) in [5, 5.41) is 5.71. The van der Waals surface area contributed by atoms with E-state index in [0.29, 0.717) is 30.3 Å². The van der Waals surface area contributed by atoms with Crippen molar-refractivity contribution in [2.75, 3.05) is 13.1 Å². The van der Waals surface area contributed by atoms with Crippen LogP contribution in [0.2, 0.25) is 0 Å². The van der Waals surface area contributed by atoms with Gasteiger partial charge in [-0.3, -0.25) is 39.3 Å². The molecular formula is C26H29N5O4. The number of fused-ring (bicyclic) bond motifs is 1. The smallest absolute Gasteiger partial charge is 0.262 e. The second kappa shape index (κ2) is 10.1. The Morgan fingerprint density at radius 1 is 0.943 bits per heavy atom. The fourth-order valence-electron chi connectivity index (χ4n) is 5.32. The molecule has 35 heavy (non-hydrogen) atoms. The van der Waals surface area contributed by atoms with Crippen LogP contribution in [0.1, 0.15) is 64.1 Å². The van der Waals surface area contributed by atoms with E-state index in [4.69, 9.17) is 0 Å². The number of nitrogens with zero attached hydrogens (tertiary/aromatic N) is 3. The molecule has 9 nitrogen and oxygen atoms in total. The van der Waals surface area contributed by atoms with E-state index in [1.54, 1.807) is 18.3 Å². The van der Waals surface area contributed by atoms with Gasteiger partial charge in [-0.1, -0.05) is 18.2 Å². The minimum atomic E-state index is -0.967. The number of hydrogen-bond acceptors (Lipinski definition) is 7. The van der Waals surface area contributed by atoms with Crippen molar-refractivity contribution in [3.05, 3.63) is 65.0 Å². The predicted molar refractivity (Wildman–Crippen MR) is 127 cm³/mol. The number of pyridine rings is 1. The lowest BCUT2D eigenvalue weighted by molar-refractivity contribution is -0.136. The zero-order valence-electron chi connectivity index (χ0n) is 19.5. The number of amides is 4. The Bertz CT molecular complexity index is 1140. The molecule has 5 rings (SSSR count). The van der Waals surface area contributed by atoms with Gasteiger partial charge in [0.2, 0.25) is 11.8 Å². The lowest BCUT2D eigenvalue weighted by Crippen LogP contribution is -2.54. The number of nitrogens with one attached hydrogen (secondary N) is 2. The first-order valence-corrected chi connectivity index (χ1v) is 12.2. The van der Waals surface area contributed by atoms with Crippen molar-refractivity contribution >= 4 is 23.6 Å². The van der Waals surface area contributed by atoms with Crippen LogP contribution in [0, 0.1) is 0 Å². The van der Waals surface area contributed by atoms with E-state index in [0.717, 1.165) is 48.5 Å². The molecule has 2 unspecified atom stereocenters. The van der Waals surface area contributed by atoms with Crippen LogP contribution in [0.25, 0.3) is 0 Å². The molecular weight excluding hydrogens is 446 g/mol. The Labute approximate surface area is 203 Å². The van der Waals surface area contributed by atoms with Crippen LogP contribution in [0.5, 0.6) is 0 Å². The highest BCUT2D eigenvalue weighted by atomic mass is 16.2. The standard InChI is InChI=1S/C26H29N5O4/c32-22-10-9-21(24(33)29-22)31-25(34)20-8-3-5-17(23(20)26(31)35)15-30(16-18-6-1-2-13-28-18)19-7-4-12-27-14-11-19/h1-3,5-6,8,13,19,21,27H,4,7,9-12,14-16H2,(H,29,32,33). The Balaban J connectivity index is 1.44. The third-order valence-corrected chi connectivity index (χ3v) is 7.08. The van der Waals surface area contributed by atoms with Gasteiger partial charge < -0.3 is 5.32 Å². The highest BCUT2D eigenvalue weighted by molar-refractivity contribution is 6.24. The number of aromatic nitrogens is 1. The summed E-state index contributed by atoms with van der Waals surface area (Å²) in [6.45, 7) is 3.04. The maximum Gasteiger partial charge on any atom is 0.262 e. The lowest BCUT2D eigenvalue weighted by atomic mass is 10.00. The van der Waals surface area contributed by atoms with Gasteiger partial charge in [-0.25, -0.2) is 0 Å². The molecule has 1 aromatic heterocycles. The van der Waals surface area contributed by atoms with Crippen LogP contribution in [0.15, 0.2) is 42.6 Å². The van der Waals surface area contributed by atoms with E-state index in [9.17, 15) is 19.2 Å². The minimum Gasteiger partial charge on any atom is -0.317 e. The summed E-state index contributed by atoms with van der Waals surface area (Å²) in [6.07, 6.45) is 5.11. The van der Waals surface area contributed by atoms with Gasteiger partial charge in [-0.2, -0.15) is 0 Å². The second-order valence-corrected chi connectivity index (χ2v) is 9.35. The highest BCUT2D eigenvalue weighted by Crippen LogP contribution is 2.31. The SMILES string of the molecule is O=C1CCC(N2C(=O)c3cccc(CN(Cc4ccccn4)C4CCCNCC4)c3C2=O)C(=O)N1. The third kappa shape index (κ3) is 4.74. The Kier molecular flexibility index (Phi) is 6.70. The number of benzene rings is 1. The van der Waals surface area contributed by atoms with Gasteiger partial charge in [-0.05, 0) is 62.5 Å². The van der Waals surface area contributed by atoms with Gasteiger partial charge in [-0.15, -0.1) is 0 Å². The predicted octanol–water partition coefficient (Wildman–Crippen LogP) is 1.63. The van der Waals surface area contributed by atoms with E-state index >= 15 is 0 Å². The summed E-state index contributed by atoms with van der Waals surface area (Å²) in [5.74, 6) is -1.92. The van der Waals surface area contributed by atoms with Gasteiger partial charge in [0.25, 0.3) is 11.8 Å². The molecule has 0 spiro atoms. The number of carbonyl (C=O) groups excluding carboxylic acids is 4. The zero-order chi connectivity index (χ0) is 24.4. The van der Waals surface area contributed by atoms with Gasteiger partial charge in [0.1, 0.15) is 6.04 Å². The van der Waals surface area contributed by atoms with Crippen molar-refractivity contribution in [1.29, 1.82) is 0 Å². The number of hydrogen-bond donors (Lipinski definition) is 2. The van der Waals surface area contributed by atoms with E-state index in [1.807, 2.05) is 24.3 Å². The van der Waals surface area contributed by atoms with Crippen molar-refractivity contribution in [3.63, 3.8) is 0 Å². The molecule has 182 valence electrons. The van der Waals surface area contributed by atoms with Crippen molar-refractivity contribution in [2.45, 2.75) is 57.3 Å². The molecule has 9 heteroatoms. The lowest BCUT2D eigenvalue weighted by Gasteiger charge is -2.31. The average Bonchev–Trinajstić information content (AvgIpc) is 3.03. The average molecular weight is 476 g/mol. The highest BCUT2D eigenvalue weighted by Gasteiger charge is 2.45. The van der Waals surface area contributed by atoms with Crippen LogP contribution >= 0.6 is 0 Å². The molecule has 2 atom stereocenters. The first kappa shape index (κ1) is 23.3. The first-order valence-electron chi connectivity index (χ1n) is 12.2. The third-order valence-electron chi connectivity index (χ3n) is 7.08. The molecule has 2 N–H and O–H groups in total. The van der Waals surface area contributed by atoms with Crippen molar-refractivity contribution in [2.24, 2.45) is 0 Å². The molecule has 2 fully saturated rings. The molecule has 0 saturated carbocycles. The number of carbonyl (C=O) groups is 4. The molecule has 4 heterocycles. The van der Waals surface area contributed by atoms with Crippen molar-refractivity contribution in [3.8, 4) is 0 Å².